The van der Waals surface area contributed by atoms with Crippen molar-refractivity contribution in [2.24, 2.45) is 0 Å². The van der Waals surface area contributed by atoms with Crippen LogP contribution in [0, 0.1) is 11.8 Å². The molecule has 0 aromatic rings. The Morgan fingerprint density at radius 2 is 2.47 bits per heavy atom. The van der Waals surface area contributed by atoms with Crippen LogP contribution in [-0.4, -0.2) is 49.6 Å². The molecule has 1 aliphatic heterocycles. The third kappa shape index (κ3) is 4.00. The van der Waals surface area contributed by atoms with E-state index in [1.165, 1.54) is 0 Å². The van der Waals surface area contributed by atoms with Gasteiger partial charge in [0.2, 0.25) is 5.91 Å². The van der Waals surface area contributed by atoms with Gasteiger partial charge >= 0.3 is 0 Å². The maximum atomic E-state index is 11.3. The lowest BCUT2D eigenvalue weighted by Crippen LogP contribution is -2.45. The quantitative estimate of drug-likeness (QED) is 0.607. The van der Waals surface area contributed by atoms with E-state index in [2.05, 4.69) is 17.2 Å². The first-order valence-corrected chi connectivity index (χ1v) is 4.80. The predicted molar refractivity (Wildman–Crippen MR) is 53.9 cm³/mol. The molecular formula is C10H14N2O3. The van der Waals surface area contributed by atoms with E-state index in [0.29, 0.717) is 26.2 Å². The highest BCUT2D eigenvalue weighted by Crippen LogP contribution is 1.96. The Bertz CT molecular complexity index is 304. The van der Waals surface area contributed by atoms with Gasteiger partial charge in [0.1, 0.15) is 6.61 Å². The molecule has 0 aliphatic carbocycles. The molecule has 1 heterocycles. The number of morpholine rings is 1. The van der Waals surface area contributed by atoms with Gasteiger partial charge in [0.25, 0.3) is 5.91 Å². The van der Waals surface area contributed by atoms with Gasteiger partial charge in [0.15, 0.2) is 0 Å². The van der Waals surface area contributed by atoms with Crippen LogP contribution in [0.3, 0.4) is 0 Å². The molecule has 1 rings (SSSR count). The Kier molecular flexibility index (Phi) is 4.64. The molecule has 15 heavy (non-hydrogen) atoms. The summed E-state index contributed by atoms with van der Waals surface area (Å²) in [6.45, 7) is 3.84. The zero-order valence-electron chi connectivity index (χ0n) is 8.71. The lowest BCUT2D eigenvalue weighted by atomic mass is 10.4. The van der Waals surface area contributed by atoms with Gasteiger partial charge in [-0.3, -0.25) is 9.59 Å². The number of carbonyl (C=O) groups excluding carboxylic acids is 2. The molecule has 82 valence electrons. The number of hydrogen-bond acceptors (Lipinski definition) is 3. The highest BCUT2D eigenvalue weighted by atomic mass is 16.5. The topological polar surface area (TPSA) is 58.6 Å². The molecular weight excluding hydrogens is 196 g/mol. The van der Waals surface area contributed by atoms with Gasteiger partial charge in [0, 0.05) is 19.6 Å². The van der Waals surface area contributed by atoms with E-state index in [9.17, 15) is 9.59 Å². The van der Waals surface area contributed by atoms with Gasteiger partial charge in [-0.25, -0.2) is 0 Å². The summed E-state index contributed by atoms with van der Waals surface area (Å²) in [6.07, 6.45) is 0. The first kappa shape index (κ1) is 11.5. The number of rotatable bonds is 3. The van der Waals surface area contributed by atoms with Crippen molar-refractivity contribution in [2.75, 3.05) is 32.8 Å². The van der Waals surface area contributed by atoms with Crippen LogP contribution < -0.4 is 5.32 Å². The molecule has 5 nitrogen and oxygen atoms in total. The van der Waals surface area contributed by atoms with E-state index in [1.54, 1.807) is 11.8 Å². The van der Waals surface area contributed by atoms with Gasteiger partial charge in [0.05, 0.1) is 6.61 Å². The lowest BCUT2D eigenvalue weighted by Gasteiger charge is -2.26. The minimum Gasteiger partial charge on any atom is -0.370 e. The number of hydrogen-bond donors (Lipinski definition) is 1. The first-order chi connectivity index (χ1) is 7.24. The smallest absolute Gasteiger partial charge is 0.295 e. The van der Waals surface area contributed by atoms with Crippen molar-refractivity contribution in [3.05, 3.63) is 0 Å². The standard InChI is InChI=1S/C10H14N2O3/c1-2-3-9(13)11-4-5-12-6-7-15-8-10(12)14/h4-8H2,1H3,(H,11,13). The van der Waals surface area contributed by atoms with E-state index in [-0.39, 0.29) is 18.4 Å². The zero-order chi connectivity index (χ0) is 11.1. The molecule has 0 radical (unpaired) electrons. The highest BCUT2D eigenvalue weighted by Gasteiger charge is 2.17. The fraction of sp³-hybridized carbons (Fsp3) is 0.600. The Balaban J connectivity index is 2.20. The van der Waals surface area contributed by atoms with Gasteiger partial charge in [-0.1, -0.05) is 5.92 Å². The fourth-order valence-corrected chi connectivity index (χ4v) is 1.25. The normalized spacial score (nSPS) is 15.5. The summed E-state index contributed by atoms with van der Waals surface area (Å²) >= 11 is 0. The summed E-state index contributed by atoms with van der Waals surface area (Å²) in [5.74, 6) is 4.53. The molecule has 1 saturated heterocycles. The number of nitrogens with zero attached hydrogens (tertiary/aromatic N) is 1. The Morgan fingerprint density at radius 3 is 3.13 bits per heavy atom. The minimum atomic E-state index is -0.307. The average molecular weight is 210 g/mol. The first-order valence-electron chi connectivity index (χ1n) is 4.80. The van der Waals surface area contributed by atoms with Crippen molar-refractivity contribution in [1.29, 1.82) is 0 Å². The van der Waals surface area contributed by atoms with Gasteiger partial charge in [-0.2, -0.15) is 0 Å². The van der Waals surface area contributed by atoms with Crippen LogP contribution in [-0.2, 0) is 14.3 Å². The van der Waals surface area contributed by atoms with Crippen molar-refractivity contribution < 1.29 is 14.3 Å². The number of carbonyl (C=O) groups is 2. The number of amides is 2. The summed E-state index contributed by atoms with van der Waals surface area (Å²) in [7, 11) is 0. The molecule has 0 unspecified atom stereocenters. The summed E-state index contributed by atoms with van der Waals surface area (Å²) < 4.78 is 4.98. The molecule has 0 aromatic heterocycles. The molecule has 5 heteroatoms. The van der Waals surface area contributed by atoms with Crippen molar-refractivity contribution >= 4 is 11.8 Å². The lowest BCUT2D eigenvalue weighted by molar-refractivity contribution is -0.142. The second kappa shape index (κ2) is 6.04. The summed E-state index contributed by atoms with van der Waals surface area (Å²) in [6, 6.07) is 0. The van der Waals surface area contributed by atoms with Crippen molar-refractivity contribution in [3.8, 4) is 11.8 Å². The maximum Gasteiger partial charge on any atom is 0.295 e. The van der Waals surface area contributed by atoms with E-state index in [4.69, 9.17) is 4.74 Å². The Hall–Kier alpha value is -1.54. The van der Waals surface area contributed by atoms with Crippen LogP contribution in [0.25, 0.3) is 0 Å². The van der Waals surface area contributed by atoms with Crippen molar-refractivity contribution in [3.63, 3.8) is 0 Å². The molecule has 0 saturated carbocycles. The van der Waals surface area contributed by atoms with Crippen LogP contribution in [0.5, 0.6) is 0 Å². The third-order valence-electron chi connectivity index (χ3n) is 1.99. The predicted octanol–water partition coefficient (Wildman–Crippen LogP) is -1.02. The van der Waals surface area contributed by atoms with E-state index >= 15 is 0 Å². The minimum absolute atomic E-state index is 0.0305. The van der Waals surface area contributed by atoms with Gasteiger partial charge in [-0.05, 0) is 12.8 Å². The fourth-order valence-electron chi connectivity index (χ4n) is 1.25. The molecule has 1 N–H and O–H groups in total. The zero-order valence-corrected chi connectivity index (χ0v) is 8.71. The SMILES string of the molecule is CC#CC(=O)NCCN1CCOCC1=O. The third-order valence-corrected chi connectivity index (χ3v) is 1.99. The largest absolute Gasteiger partial charge is 0.370 e. The number of nitrogens with one attached hydrogen (secondary N) is 1. The Labute approximate surface area is 88.8 Å². The van der Waals surface area contributed by atoms with E-state index < -0.39 is 0 Å². The molecule has 1 fully saturated rings. The summed E-state index contributed by atoms with van der Waals surface area (Å²) in [5, 5.41) is 2.60. The molecule has 0 bridgehead atoms. The highest BCUT2D eigenvalue weighted by molar-refractivity contribution is 5.93. The van der Waals surface area contributed by atoms with Crippen molar-refractivity contribution in [1.82, 2.24) is 10.2 Å². The monoisotopic (exact) mass is 210 g/mol. The average Bonchev–Trinajstić information content (AvgIpc) is 2.21. The maximum absolute atomic E-state index is 11.3. The molecule has 0 spiro atoms. The van der Waals surface area contributed by atoms with Crippen LogP contribution >= 0.6 is 0 Å². The molecule has 2 amide bonds. The molecule has 0 atom stereocenters. The van der Waals surface area contributed by atoms with Crippen molar-refractivity contribution in [2.45, 2.75) is 6.92 Å². The number of ether oxygens (including phenoxy) is 1. The van der Waals surface area contributed by atoms with E-state index in [1.807, 2.05) is 0 Å². The van der Waals surface area contributed by atoms with Crippen LogP contribution in [0.4, 0.5) is 0 Å². The second-order valence-electron chi connectivity index (χ2n) is 3.06. The van der Waals surface area contributed by atoms with Gasteiger partial charge < -0.3 is 15.0 Å². The second-order valence-corrected chi connectivity index (χ2v) is 3.06. The van der Waals surface area contributed by atoms with Crippen LogP contribution in [0.1, 0.15) is 6.92 Å². The van der Waals surface area contributed by atoms with Gasteiger partial charge in [-0.15, -0.1) is 0 Å². The summed E-state index contributed by atoms with van der Waals surface area (Å²) in [5.41, 5.74) is 0. The Morgan fingerprint density at radius 1 is 1.67 bits per heavy atom. The molecule has 0 aromatic carbocycles. The van der Waals surface area contributed by atoms with E-state index in [0.717, 1.165) is 0 Å². The van der Waals surface area contributed by atoms with Crippen LogP contribution in [0.15, 0.2) is 0 Å². The van der Waals surface area contributed by atoms with Crippen LogP contribution in [0.2, 0.25) is 0 Å². The molecule has 1 aliphatic rings. The summed E-state index contributed by atoms with van der Waals surface area (Å²) in [4.78, 5) is 23.9.